The second-order valence-electron chi connectivity index (χ2n) is 7.99. The van der Waals surface area contributed by atoms with Crippen LogP contribution >= 0.6 is 0 Å². The Kier molecular flexibility index (Phi) is 8.72. The molecule has 0 heterocycles. The highest BCUT2D eigenvalue weighted by atomic mass is 16.5. The smallest absolute Gasteiger partial charge is 0.329 e. The average molecular weight is 473 g/mol. The van der Waals surface area contributed by atoms with Crippen LogP contribution < -0.4 is 20.8 Å². The van der Waals surface area contributed by atoms with E-state index >= 15 is 0 Å². The van der Waals surface area contributed by atoms with E-state index in [1.165, 1.54) is 6.21 Å². The molecule has 0 aromatic heterocycles. The van der Waals surface area contributed by atoms with Gasteiger partial charge in [0.2, 0.25) is 0 Å². The van der Waals surface area contributed by atoms with Crippen molar-refractivity contribution in [3.05, 3.63) is 89.0 Å². The summed E-state index contributed by atoms with van der Waals surface area (Å²) in [6.45, 7) is 5.84. The number of carbonyl (C=O) groups excluding carboxylic acids is 3. The number of ether oxygens (including phenoxy) is 1. The molecular weight excluding hydrogens is 444 g/mol. The van der Waals surface area contributed by atoms with Crippen LogP contribution in [0.25, 0.3) is 0 Å². The molecule has 0 bridgehead atoms. The predicted octanol–water partition coefficient (Wildman–Crippen LogP) is 3.97. The van der Waals surface area contributed by atoms with Crippen molar-refractivity contribution in [2.45, 2.75) is 27.2 Å². The summed E-state index contributed by atoms with van der Waals surface area (Å²) < 4.78 is 5.52. The van der Waals surface area contributed by atoms with Gasteiger partial charge in [-0.05, 0) is 91.1 Å². The molecule has 0 saturated heterocycles. The Morgan fingerprint density at radius 3 is 2.11 bits per heavy atom. The number of carbonyl (C=O) groups is 3. The van der Waals surface area contributed by atoms with Gasteiger partial charge in [-0.15, -0.1) is 0 Å². The van der Waals surface area contributed by atoms with Crippen LogP contribution in [-0.2, 0) is 20.8 Å². The van der Waals surface area contributed by atoms with Crippen LogP contribution in [0.1, 0.15) is 29.2 Å². The number of hydrazone groups is 1. The number of hydrogen-bond acceptors (Lipinski definition) is 5. The molecule has 3 N–H and O–H groups in total. The van der Waals surface area contributed by atoms with Gasteiger partial charge in [0, 0.05) is 11.4 Å². The van der Waals surface area contributed by atoms with E-state index in [1.807, 2.05) is 51.1 Å². The van der Waals surface area contributed by atoms with Crippen molar-refractivity contribution in [1.29, 1.82) is 0 Å². The number of benzene rings is 3. The van der Waals surface area contributed by atoms with Crippen molar-refractivity contribution in [3.8, 4) is 5.75 Å². The minimum Gasteiger partial charge on any atom is -0.484 e. The molecule has 3 aromatic rings. The zero-order chi connectivity index (χ0) is 25.2. The number of nitrogens with zero attached hydrogens (tertiary/aromatic N) is 1. The van der Waals surface area contributed by atoms with Crippen molar-refractivity contribution in [3.63, 3.8) is 0 Å². The standard InChI is InChI=1S/C27H28N4O4/c1-4-20-5-9-22(10-6-20)30-26(33)27(34)31-28-16-21-7-11-24(12-8-21)35-17-25(32)29-23-14-18(2)13-19(3)15-23/h5-16H,4,17H2,1-3H3,(H,29,32)(H,30,33)(H,31,34)/b28-16-. The van der Waals surface area contributed by atoms with E-state index in [9.17, 15) is 14.4 Å². The summed E-state index contributed by atoms with van der Waals surface area (Å²) in [6.07, 6.45) is 2.29. The molecule has 0 aliphatic carbocycles. The lowest BCUT2D eigenvalue weighted by Gasteiger charge is -2.09. The van der Waals surface area contributed by atoms with Gasteiger partial charge in [0.1, 0.15) is 5.75 Å². The zero-order valence-electron chi connectivity index (χ0n) is 19.9. The topological polar surface area (TPSA) is 109 Å². The lowest BCUT2D eigenvalue weighted by atomic mass is 10.1. The molecule has 0 unspecified atom stereocenters. The van der Waals surface area contributed by atoms with Crippen molar-refractivity contribution >= 4 is 35.3 Å². The third-order valence-corrected chi connectivity index (χ3v) is 4.96. The Morgan fingerprint density at radius 1 is 0.829 bits per heavy atom. The fraction of sp³-hybridized carbons (Fsp3) is 0.185. The van der Waals surface area contributed by atoms with Gasteiger partial charge in [-0.25, -0.2) is 5.43 Å². The fourth-order valence-electron chi connectivity index (χ4n) is 3.27. The lowest BCUT2D eigenvalue weighted by molar-refractivity contribution is -0.136. The molecule has 0 atom stereocenters. The minimum absolute atomic E-state index is 0.132. The van der Waals surface area contributed by atoms with E-state index in [2.05, 4.69) is 21.2 Å². The number of rotatable bonds is 8. The highest BCUT2D eigenvalue weighted by molar-refractivity contribution is 6.39. The zero-order valence-corrected chi connectivity index (χ0v) is 19.9. The van der Waals surface area contributed by atoms with Crippen LogP contribution in [0.2, 0.25) is 0 Å². The first-order chi connectivity index (χ1) is 16.8. The SMILES string of the molecule is CCc1ccc(NC(=O)C(=O)N/N=C\c2ccc(OCC(=O)Nc3cc(C)cc(C)c3)cc2)cc1. The Bertz CT molecular complexity index is 1200. The molecule has 8 nitrogen and oxygen atoms in total. The minimum atomic E-state index is -0.879. The van der Waals surface area contributed by atoms with Crippen LogP contribution in [-0.4, -0.2) is 30.5 Å². The lowest BCUT2D eigenvalue weighted by Crippen LogP contribution is -2.32. The molecule has 180 valence electrons. The first-order valence-corrected chi connectivity index (χ1v) is 11.2. The fourth-order valence-corrected chi connectivity index (χ4v) is 3.27. The maximum Gasteiger partial charge on any atom is 0.329 e. The molecule has 0 aliphatic rings. The Hall–Kier alpha value is -4.46. The summed E-state index contributed by atoms with van der Waals surface area (Å²) in [7, 11) is 0. The summed E-state index contributed by atoms with van der Waals surface area (Å²) in [4.78, 5) is 36.1. The maximum atomic E-state index is 12.1. The first kappa shape index (κ1) is 25.2. The number of hydrogen-bond donors (Lipinski definition) is 3. The first-order valence-electron chi connectivity index (χ1n) is 11.2. The Balaban J connectivity index is 1.43. The van der Waals surface area contributed by atoms with Crippen LogP contribution in [0.3, 0.4) is 0 Å². The molecule has 3 amide bonds. The predicted molar refractivity (Wildman–Crippen MR) is 137 cm³/mol. The number of amides is 3. The third kappa shape index (κ3) is 8.12. The van der Waals surface area contributed by atoms with Crippen LogP contribution in [0.5, 0.6) is 5.75 Å². The van der Waals surface area contributed by atoms with Gasteiger partial charge in [0.25, 0.3) is 5.91 Å². The normalized spacial score (nSPS) is 10.6. The molecule has 0 spiro atoms. The largest absolute Gasteiger partial charge is 0.484 e. The number of anilines is 2. The Labute approximate surface area is 204 Å². The maximum absolute atomic E-state index is 12.1. The van der Waals surface area contributed by atoms with Gasteiger partial charge in [-0.1, -0.05) is 25.1 Å². The number of aryl methyl sites for hydroxylation is 3. The molecule has 0 aliphatic heterocycles. The van der Waals surface area contributed by atoms with Gasteiger partial charge >= 0.3 is 11.8 Å². The average Bonchev–Trinajstić information content (AvgIpc) is 2.83. The summed E-state index contributed by atoms with van der Waals surface area (Å²) in [5.74, 6) is -1.44. The third-order valence-electron chi connectivity index (χ3n) is 4.96. The summed E-state index contributed by atoms with van der Waals surface area (Å²) in [6, 6.07) is 19.9. The molecule has 8 heteroatoms. The van der Waals surface area contributed by atoms with Crippen molar-refractivity contribution in [2.75, 3.05) is 17.2 Å². The molecule has 3 aromatic carbocycles. The Morgan fingerprint density at radius 2 is 1.49 bits per heavy atom. The van der Waals surface area contributed by atoms with Crippen molar-refractivity contribution < 1.29 is 19.1 Å². The van der Waals surface area contributed by atoms with E-state index in [0.717, 1.165) is 28.8 Å². The van der Waals surface area contributed by atoms with Crippen molar-refractivity contribution in [2.24, 2.45) is 5.10 Å². The van der Waals surface area contributed by atoms with E-state index in [-0.39, 0.29) is 12.5 Å². The summed E-state index contributed by atoms with van der Waals surface area (Å²) in [5, 5.41) is 9.14. The monoisotopic (exact) mass is 472 g/mol. The molecule has 3 rings (SSSR count). The van der Waals surface area contributed by atoms with Gasteiger partial charge in [-0.2, -0.15) is 5.10 Å². The summed E-state index contributed by atoms with van der Waals surface area (Å²) in [5.41, 5.74) is 7.40. The highest BCUT2D eigenvalue weighted by Crippen LogP contribution is 2.15. The number of nitrogens with one attached hydrogen (secondary N) is 3. The second-order valence-corrected chi connectivity index (χ2v) is 7.99. The molecule has 35 heavy (non-hydrogen) atoms. The quantitative estimate of drug-likeness (QED) is 0.262. The van der Waals surface area contributed by atoms with Crippen LogP contribution in [0.15, 0.2) is 71.8 Å². The molecule has 0 fully saturated rings. The summed E-state index contributed by atoms with van der Waals surface area (Å²) >= 11 is 0. The van der Waals surface area contributed by atoms with Gasteiger partial charge in [0.05, 0.1) is 6.21 Å². The van der Waals surface area contributed by atoms with Gasteiger partial charge in [0.15, 0.2) is 6.61 Å². The van der Waals surface area contributed by atoms with E-state index in [4.69, 9.17) is 4.74 Å². The molecule has 0 saturated carbocycles. The highest BCUT2D eigenvalue weighted by Gasteiger charge is 2.12. The van der Waals surface area contributed by atoms with Gasteiger partial charge < -0.3 is 15.4 Å². The second kappa shape index (κ2) is 12.1. The molecule has 0 radical (unpaired) electrons. The van der Waals surface area contributed by atoms with E-state index in [1.54, 1.807) is 36.4 Å². The van der Waals surface area contributed by atoms with Gasteiger partial charge in [-0.3, -0.25) is 14.4 Å². The van der Waals surface area contributed by atoms with E-state index in [0.29, 0.717) is 17.0 Å². The van der Waals surface area contributed by atoms with E-state index < -0.39 is 11.8 Å². The van der Waals surface area contributed by atoms with Crippen molar-refractivity contribution in [1.82, 2.24) is 5.43 Å². The van der Waals surface area contributed by atoms with Crippen LogP contribution in [0.4, 0.5) is 11.4 Å². The molecular formula is C27H28N4O4. The van der Waals surface area contributed by atoms with Crippen LogP contribution in [0, 0.1) is 13.8 Å².